The summed E-state index contributed by atoms with van der Waals surface area (Å²) in [6.45, 7) is 8.07. The number of hydrogen-bond acceptors (Lipinski definition) is 5. The van der Waals surface area contributed by atoms with Gasteiger partial charge in [-0.05, 0) is 62.6 Å². The molecule has 0 fully saturated rings. The van der Waals surface area contributed by atoms with Gasteiger partial charge in [-0.15, -0.1) is 0 Å². The number of aryl methyl sites for hydroxylation is 1. The maximum atomic E-state index is 12.2. The molecule has 0 aliphatic rings. The van der Waals surface area contributed by atoms with Crippen molar-refractivity contribution >= 4 is 23.2 Å². The smallest absolute Gasteiger partial charge is 0.478 e. The number of ether oxygens (including phenoxy) is 2. The van der Waals surface area contributed by atoms with Crippen LogP contribution >= 0.6 is 0 Å². The van der Waals surface area contributed by atoms with Gasteiger partial charge in [0.1, 0.15) is 17.2 Å². The molecule has 0 aliphatic heterocycles. The molecule has 0 aliphatic carbocycles. The van der Waals surface area contributed by atoms with Crippen molar-refractivity contribution in [2.45, 2.75) is 59.1 Å². The van der Waals surface area contributed by atoms with Crippen LogP contribution in [0.1, 0.15) is 62.3 Å². The molecular weight excluding hydrogens is 468 g/mol. The molecule has 0 saturated carbocycles. The lowest BCUT2D eigenvalue weighted by Crippen LogP contribution is -2.26. The number of carboxylic acids is 1. The summed E-state index contributed by atoms with van der Waals surface area (Å²) >= 11 is 0. The molecule has 0 atom stereocenters. The van der Waals surface area contributed by atoms with Gasteiger partial charge in [-0.2, -0.15) is 0 Å². The lowest BCUT2D eigenvalue weighted by Gasteiger charge is -2.19. The Labute approximate surface area is 216 Å². The zero-order valence-corrected chi connectivity index (χ0v) is 21.7. The number of imidazole rings is 1. The Bertz CT molecular complexity index is 1410. The van der Waals surface area contributed by atoms with Crippen LogP contribution in [0.15, 0.2) is 66.7 Å². The summed E-state index contributed by atoms with van der Waals surface area (Å²) in [6, 6.07) is 20.4. The van der Waals surface area contributed by atoms with Crippen molar-refractivity contribution in [2.24, 2.45) is 0 Å². The van der Waals surface area contributed by atoms with E-state index in [0.717, 1.165) is 52.8 Å². The predicted molar refractivity (Wildman–Crippen MR) is 143 cm³/mol. The Hall–Kier alpha value is -4.13. The van der Waals surface area contributed by atoms with Crippen molar-refractivity contribution < 1.29 is 24.2 Å². The maximum Gasteiger partial charge on any atom is 0.514 e. The fourth-order valence-corrected chi connectivity index (χ4v) is 4.13. The number of carbonyl (C=O) groups is 2. The largest absolute Gasteiger partial charge is 0.514 e. The van der Waals surface area contributed by atoms with Gasteiger partial charge < -0.3 is 19.1 Å². The molecule has 192 valence electrons. The van der Waals surface area contributed by atoms with E-state index in [-0.39, 0.29) is 5.56 Å². The van der Waals surface area contributed by atoms with E-state index < -0.39 is 17.7 Å². The van der Waals surface area contributed by atoms with Gasteiger partial charge in [0.15, 0.2) is 0 Å². The molecule has 0 unspecified atom stereocenters. The van der Waals surface area contributed by atoms with E-state index in [1.54, 1.807) is 45.0 Å². The van der Waals surface area contributed by atoms with Gasteiger partial charge in [0, 0.05) is 18.5 Å². The number of fused-ring (bicyclic) bond motifs is 1. The summed E-state index contributed by atoms with van der Waals surface area (Å²) in [7, 11) is 0. The summed E-state index contributed by atoms with van der Waals surface area (Å²) in [5.41, 5.74) is 3.93. The second-order valence-corrected chi connectivity index (χ2v) is 9.99. The van der Waals surface area contributed by atoms with Crippen LogP contribution in [0.25, 0.3) is 22.2 Å². The Morgan fingerprint density at radius 2 is 1.73 bits per heavy atom. The van der Waals surface area contributed by atoms with Crippen LogP contribution in [0.5, 0.6) is 5.75 Å². The minimum absolute atomic E-state index is 0.243. The molecule has 0 spiro atoms. The SMILES string of the molecule is CCCCc1nc2ccc(C(=O)O)cc2n1Cc1ccc(-c2ccccc2OC(=O)OC(C)(C)C)cc1. The molecule has 7 nitrogen and oxygen atoms in total. The van der Waals surface area contributed by atoms with E-state index in [1.165, 1.54) is 0 Å². The minimum Gasteiger partial charge on any atom is -0.478 e. The van der Waals surface area contributed by atoms with Gasteiger partial charge in [0.2, 0.25) is 0 Å². The van der Waals surface area contributed by atoms with Crippen molar-refractivity contribution in [1.82, 2.24) is 9.55 Å². The Morgan fingerprint density at radius 1 is 1.00 bits per heavy atom. The van der Waals surface area contributed by atoms with Crippen molar-refractivity contribution in [3.05, 3.63) is 83.7 Å². The van der Waals surface area contributed by atoms with Gasteiger partial charge in [-0.25, -0.2) is 14.6 Å². The van der Waals surface area contributed by atoms with Gasteiger partial charge in [0.25, 0.3) is 0 Å². The van der Waals surface area contributed by atoms with Gasteiger partial charge >= 0.3 is 12.1 Å². The average Bonchev–Trinajstić information content (AvgIpc) is 3.18. The third-order valence-corrected chi connectivity index (χ3v) is 5.90. The third kappa shape index (κ3) is 6.36. The summed E-state index contributed by atoms with van der Waals surface area (Å²) in [4.78, 5) is 28.6. The monoisotopic (exact) mass is 500 g/mol. The number of carbonyl (C=O) groups excluding carboxylic acids is 1. The van der Waals surface area contributed by atoms with Crippen LogP contribution in [0.4, 0.5) is 4.79 Å². The zero-order chi connectivity index (χ0) is 26.6. The van der Waals surface area contributed by atoms with Crippen LogP contribution in [-0.4, -0.2) is 32.4 Å². The molecule has 0 bridgehead atoms. The first-order chi connectivity index (χ1) is 17.6. The molecule has 3 aromatic carbocycles. The summed E-state index contributed by atoms with van der Waals surface area (Å²) in [5, 5.41) is 9.48. The Balaban J connectivity index is 1.62. The Morgan fingerprint density at radius 3 is 2.41 bits per heavy atom. The predicted octanol–water partition coefficient (Wildman–Crippen LogP) is 7.11. The Kier molecular flexibility index (Phi) is 7.62. The second-order valence-electron chi connectivity index (χ2n) is 9.99. The van der Waals surface area contributed by atoms with Crippen molar-refractivity contribution in [2.75, 3.05) is 0 Å². The number of aromatic nitrogens is 2. The molecule has 1 N–H and O–H groups in total. The topological polar surface area (TPSA) is 90.6 Å². The molecule has 0 radical (unpaired) electrons. The highest BCUT2D eigenvalue weighted by atomic mass is 16.7. The van der Waals surface area contributed by atoms with E-state index in [9.17, 15) is 14.7 Å². The van der Waals surface area contributed by atoms with Crippen molar-refractivity contribution in [3.8, 4) is 16.9 Å². The normalized spacial score (nSPS) is 11.5. The van der Waals surface area contributed by atoms with E-state index in [2.05, 4.69) is 11.5 Å². The zero-order valence-electron chi connectivity index (χ0n) is 21.7. The van der Waals surface area contributed by atoms with Crippen LogP contribution in [0.2, 0.25) is 0 Å². The molecule has 4 rings (SSSR count). The molecule has 0 saturated heterocycles. The highest BCUT2D eigenvalue weighted by molar-refractivity contribution is 5.92. The summed E-state index contributed by atoms with van der Waals surface area (Å²) < 4.78 is 12.9. The van der Waals surface area contributed by atoms with Crippen LogP contribution in [0, 0.1) is 0 Å². The first-order valence-electron chi connectivity index (χ1n) is 12.5. The highest BCUT2D eigenvalue weighted by Crippen LogP contribution is 2.31. The molecule has 0 amide bonds. The molecule has 1 heterocycles. The van der Waals surface area contributed by atoms with E-state index in [4.69, 9.17) is 14.5 Å². The summed E-state index contributed by atoms with van der Waals surface area (Å²) in [5.74, 6) is 0.411. The number of nitrogens with zero attached hydrogens (tertiary/aromatic N) is 2. The fraction of sp³-hybridized carbons (Fsp3) is 0.300. The molecule has 7 heteroatoms. The lowest BCUT2D eigenvalue weighted by atomic mass is 10.0. The molecule has 4 aromatic rings. The summed E-state index contributed by atoms with van der Waals surface area (Å²) in [6.07, 6.45) is 2.12. The van der Waals surface area contributed by atoms with Crippen LogP contribution in [0.3, 0.4) is 0 Å². The van der Waals surface area contributed by atoms with E-state index >= 15 is 0 Å². The lowest BCUT2D eigenvalue weighted by molar-refractivity contribution is 0.0207. The van der Waals surface area contributed by atoms with Crippen LogP contribution in [-0.2, 0) is 17.7 Å². The fourth-order valence-electron chi connectivity index (χ4n) is 4.13. The van der Waals surface area contributed by atoms with Crippen molar-refractivity contribution in [1.29, 1.82) is 0 Å². The van der Waals surface area contributed by atoms with Crippen LogP contribution < -0.4 is 4.74 Å². The van der Waals surface area contributed by atoms with Crippen molar-refractivity contribution in [3.63, 3.8) is 0 Å². The first kappa shape index (κ1) is 25.9. The number of para-hydroxylation sites is 1. The number of aromatic carboxylic acids is 1. The van der Waals surface area contributed by atoms with Gasteiger partial charge in [-0.3, -0.25) is 0 Å². The number of benzene rings is 3. The number of carboxylic acid groups (broad SMARTS) is 1. The highest BCUT2D eigenvalue weighted by Gasteiger charge is 2.20. The molecular formula is C30H32N2O5. The number of rotatable bonds is 8. The third-order valence-electron chi connectivity index (χ3n) is 5.90. The maximum absolute atomic E-state index is 12.2. The van der Waals surface area contributed by atoms with Gasteiger partial charge in [-0.1, -0.05) is 55.8 Å². The average molecular weight is 501 g/mol. The quantitative estimate of drug-likeness (QED) is 0.205. The number of unbranched alkanes of at least 4 members (excludes halogenated alkanes) is 1. The van der Waals surface area contributed by atoms with E-state index in [1.807, 2.05) is 42.5 Å². The first-order valence-corrected chi connectivity index (χ1v) is 12.5. The minimum atomic E-state index is -0.957. The molecule has 1 aromatic heterocycles. The van der Waals surface area contributed by atoms with Gasteiger partial charge in [0.05, 0.1) is 16.6 Å². The second kappa shape index (κ2) is 10.9. The standard InChI is InChI=1S/C30H32N2O5/c1-5-6-11-27-31-24-17-16-22(28(33)34)18-25(24)32(27)19-20-12-14-21(15-13-20)23-9-7-8-10-26(23)36-29(35)37-30(2,3)4/h7-10,12-18H,5-6,11,19H2,1-4H3,(H,33,34). The number of hydrogen-bond donors (Lipinski definition) is 1. The van der Waals surface area contributed by atoms with E-state index in [0.29, 0.717) is 12.3 Å². The molecule has 37 heavy (non-hydrogen) atoms.